The normalized spacial score (nSPS) is 16.2. The highest BCUT2D eigenvalue weighted by Crippen LogP contribution is 2.33. The Morgan fingerprint density at radius 1 is 1.25 bits per heavy atom. The van der Waals surface area contributed by atoms with E-state index in [1.54, 1.807) is 13.2 Å². The molecule has 2 heterocycles. The summed E-state index contributed by atoms with van der Waals surface area (Å²) in [4.78, 5) is 20.1. The molecule has 168 valence electrons. The fourth-order valence-electron chi connectivity index (χ4n) is 3.70. The summed E-state index contributed by atoms with van der Waals surface area (Å²) in [5.74, 6) is 0.980. The van der Waals surface area contributed by atoms with Crippen LogP contribution in [0.15, 0.2) is 53.7 Å². The number of fused-ring (bicyclic) bond motifs is 1. The molecule has 5 nitrogen and oxygen atoms in total. The van der Waals surface area contributed by atoms with Crippen molar-refractivity contribution in [3.05, 3.63) is 65.4 Å². The molecule has 0 saturated carbocycles. The fourth-order valence-corrected chi connectivity index (χ4v) is 4.73. The molecule has 1 aliphatic rings. The first kappa shape index (κ1) is 22.3. The van der Waals surface area contributed by atoms with Gasteiger partial charge < -0.3 is 15.0 Å². The number of rotatable bonds is 7. The molecular formula is C23H22F3N3O2S. The number of nitrogens with zero attached hydrogens (tertiary/aromatic N) is 1. The van der Waals surface area contributed by atoms with Crippen LogP contribution in [-0.2, 0) is 23.8 Å². The van der Waals surface area contributed by atoms with Crippen LogP contribution in [0.4, 0.5) is 13.2 Å². The maximum absolute atomic E-state index is 13.2. The summed E-state index contributed by atoms with van der Waals surface area (Å²) < 4.78 is 44.9. The van der Waals surface area contributed by atoms with Gasteiger partial charge in [0.25, 0.3) is 0 Å². The minimum absolute atomic E-state index is 0.0707. The summed E-state index contributed by atoms with van der Waals surface area (Å²) in [7, 11) is 1.61. The third-order valence-corrected chi connectivity index (χ3v) is 6.41. The molecule has 9 heteroatoms. The number of amides is 1. The van der Waals surface area contributed by atoms with E-state index >= 15 is 0 Å². The molecular weight excluding hydrogens is 439 g/mol. The van der Waals surface area contributed by atoms with Crippen molar-refractivity contribution in [1.29, 1.82) is 0 Å². The van der Waals surface area contributed by atoms with Crippen LogP contribution in [0.2, 0.25) is 0 Å². The van der Waals surface area contributed by atoms with Gasteiger partial charge in [-0.2, -0.15) is 13.2 Å². The molecule has 1 aliphatic heterocycles. The van der Waals surface area contributed by atoms with E-state index in [1.807, 2.05) is 24.4 Å². The van der Waals surface area contributed by atoms with E-state index in [0.29, 0.717) is 23.8 Å². The fraction of sp³-hybridized carbons (Fsp3) is 0.304. The number of aliphatic imine (C=N–C) groups is 1. The zero-order chi connectivity index (χ0) is 22.7. The van der Waals surface area contributed by atoms with Crippen molar-refractivity contribution in [3.8, 4) is 5.75 Å². The van der Waals surface area contributed by atoms with Gasteiger partial charge in [0, 0.05) is 35.8 Å². The average molecular weight is 462 g/mol. The summed E-state index contributed by atoms with van der Waals surface area (Å²) >= 11 is 1.33. The van der Waals surface area contributed by atoms with Crippen LogP contribution in [0.25, 0.3) is 10.9 Å². The van der Waals surface area contributed by atoms with Crippen molar-refractivity contribution < 1.29 is 22.7 Å². The number of carbonyl (C=O) groups is 1. The Labute approximate surface area is 187 Å². The zero-order valence-electron chi connectivity index (χ0n) is 17.3. The van der Waals surface area contributed by atoms with Gasteiger partial charge >= 0.3 is 6.18 Å². The number of nitrogens with one attached hydrogen (secondary N) is 2. The maximum Gasteiger partial charge on any atom is 0.416 e. The lowest BCUT2D eigenvalue weighted by atomic mass is 10.0. The van der Waals surface area contributed by atoms with E-state index in [1.165, 1.54) is 23.9 Å². The largest absolute Gasteiger partial charge is 0.497 e. The number of aromatic nitrogens is 1. The molecule has 4 rings (SSSR count). The second-order valence-corrected chi connectivity index (χ2v) is 8.54. The number of halogens is 3. The van der Waals surface area contributed by atoms with E-state index in [0.717, 1.165) is 28.3 Å². The monoisotopic (exact) mass is 461 g/mol. The molecule has 0 fully saturated rings. The molecule has 0 bridgehead atoms. The molecule has 0 saturated heterocycles. The Morgan fingerprint density at radius 3 is 2.84 bits per heavy atom. The van der Waals surface area contributed by atoms with Gasteiger partial charge in [-0.05, 0) is 41.8 Å². The standard InChI is InChI=1S/C23H22F3N3O2S/c1-31-16-6-7-19-17(11-16)15(12-28-19)8-9-27-22(30)20-13-32-21(29-20)10-14-4-2-3-5-18(14)23(24,25)26/h2-7,11-12,20,28H,8-10,13H2,1H3,(H,27,30)/t20-/m0/s1. The quantitative estimate of drug-likeness (QED) is 0.540. The summed E-state index contributed by atoms with van der Waals surface area (Å²) in [6.45, 7) is 0.436. The number of benzene rings is 2. The van der Waals surface area contributed by atoms with E-state index in [4.69, 9.17) is 4.74 Å². The maximum atomic E-state index is 13.2. The number of hydrogen-bond donors (Lipinski definition) is 2. The number of hydrogen-bond acceptors (Lipinski definition) is 4. The third-order valence-electron chi connectivity index (χ3n) is 5.34. The highest BCUT2D eigenvalue weighted by atomic mass is 32.2. The van der Waals surface area contributed by atoms with E-state index in [2.05, 4.69) is 15.3 Å². The Kier molecular flexibility index (Phi) is 6.45. The number of H-pyrrole nitrogens is 1. The molecule has 0 spiro atoms. The van der Waals surface area contributed by atoms with E-state index in [9.17, 15) is 18.0 Å². The van der Waals surface area contributed by atoms with Crippen molar-refractivity contribution in [2.45, 2.75) is 25.1 Å². The molecule has 3 aromatic rings. The lowest BCUT2D eigenvalue weighted by molar-refractivity contribution is -0.138. The minimum atomic E-state index is -4.41. The first-order valence-corrected chi connectivity index (χ1v) is 11.1. The van der Waals surface area contributed by atoms with E-state index in [-0.39, 0.29) is 17.9 Å². The van der Waals surface area contributed by atoms with Gasteiger partial charge in [-0.25, -0.2) is 0 Å². The highest BCUT2D eigenvalue weighted by Gasteiger charge is 2.34. The van der Waals surface area contributed by atoms with Gasteiger partial charge in [-0.3, -0.25) is 9.79 Å². The summed E-state index contributed by atoms with van der Waals surface area (Å²) in [6, 6.07) is 10.7. The van der Waals surface area contributed by atoms with Gasteiger partial charge in [0.2, 0.25) is 5.91 Å². The van der Waals surface area contributed by atoms with Crippen molar-refractivity contribution in [1.82, 2.24) is 10.3 Å². The summed E-state index contributed by atoms with van der Waals surface area (Å²) in [6.07, 6.45) is -1.80. The number of methoxy groups -OCH3 is 1. The van der Waals surface area contributed by atoms with Crippen molar-refractivity contribution in [3.63, 3.8) is 0 Å². The van der Waals surface area contributed by atoms with E-state index < -0.39 is 17.8 Å². The first-order chi connectivity index (χ1) is 15.3. The van der Waals surface area contributed by atoms with Crippen molar-refractivity contribution in [2.75, 3.05) is 19.4 Å². The SMILES string of the molecule is COc1ccc2[nH]cc(CCNC(=O)[C@@H]3CSC(Cc4ccccc4C(F)(F)F)=N3)c2c1. The highest BCUT2D eigenvalue weighted by molar-refractivity contribution is 8.14. The average Bonchev–Trinajstić information content (AvgIpc) is 3.40. The number of aromatic amines is 1. The van der Waals surface area contributed by atoms with Crippen LogP contribution in [0.1, 0.15) is 16.7 Å². The molecule has 2 N–H and O–H groups in total. The van der Waals surface area contributed by atoms with Crippen LogP contribution < -0.4 is 10.1 Å². The lowest BCUT2D eigenvalue weighted by Gasteiger charge is -2.12. The molecule has 2 aromatic carbocycles. The first-order valence-electron chi connectivity index (χ1n) is 10.1. The molecule has 1 aromatic heterocycles. The van der Waals surface area contributed by atoms with Gasteiger partial charge in [-0.15, -0.1) is 11.8 Å². The molecule has 0 radical (unpaired) electrons. The third kappa shape index (κ3) is 4.93. The topological polar surface area (TPSA) is 66.5 Å². The van der Waals surface area contributed by atoms with Gasteiger partial charge in [0.05, 0.1) is 17.7 Å². The Bertz CT molecular complexity index is 1160. The molecule has 32 heavy (non-hydrogen) atoms. The van der Waals surface area contributed by atoms with Crippen LogP contribution in [0, 0.1) is 0 Å². The minimum Gasteiger partial charge on any atom is -0.497 e. The second kappa shape index (κ2) is 9.28. The van der Waals surface area contributed by atoms with Gasteiger partial charge in [0.15, 0.2) is 0 Å². The van der Waals surface area contributed by atoms with Gasteiger partial charge in [-0.1, -0.05) is 18.2 Å². The Morgan fingerprint density at radius 2 is 2.06 bits per heavy atom. The van der Waals surface area contributed by atoms with Gasteiger partial charge in [0.1, 0.15) is 11.8 Å². The number of thioether (sulfide) groups is 1. The molecule has 1 atom stereocenters. The van der Waals surface area contributed by atoms with Crippen LogP contribution in [0.5, 0.6) is 5.75 Å². The number of ether oxygens (including phenoxy) is 1. The predicted octanol–water partition coefficient (Wildman–Crippen LogP) is 4.61. The zero-order valence-corrected chi connectivity index (χ0v) is 18.1. The Hall–Kier alpha value is -2.94. The second-order valence-electron chi connectivity index (χ2n) is 7.45. The number of carbonyl (C=O) groups excluding carboxylic acids is 1. The molecule has 0 unspecified atom stereocenters. The number of alkyl halides is 3. The molecule has 0 aliphatic carbocycles. The van der Waals surface area contributed by atoms with Crippen molar-refractivity contribution >= 4 is 33.6 Å². The summed E-state index contributed by atoms with van der Waals surface area (Å²) in [5, 5.41) is 4.48. The van der Waals surface area contributed by atoms with Crippen LogP contribution in [-0.4, -0.2) is 41.4 Å². The van der Waals surface area contributed by atoms with Crippen LogP contribution >= 0.6 is 11.8 Å². The Balaban J connectivity index is 1.35. The molecule has 1 amide bonds. The van der Waals surface area contributed by atoms with Crippen molar-refractivity contribution in [2.24, 2.45) is 4.99 Å². The predicted molar refractivity (Wildman–Crippen MR) is 120 cm³/mol. The lowest BCUT2D eigenvalue weighted by Crippen LogP contribution is -2.35. The summed E-state index contributed by atoms with van der Waals surface area (Å²) in [5.41, 5.74) is 1.56. The smallest absolute Gasteiger partial charge is 0.416 e. The van der Waals surface area contributed by atoms with Crippen LogP contribution in [0.3, 0.4) is 0 Å².